The standard InChI is InChI=1S/C16H31N3O2/c1-9(2)18-14(20)11(4)19-15(21)12-7-8-13(17)10(3)16(12,5)6/h9-13H,7-8,17H2,1-6H3,(H,18,20)(H,19,21). The second-order valence-corrected chi connectivity index (χ2v) is 7.30. The fourth-order valence-corrected chi connectivity index (χ4v) is 3.11. The highest BCUT2D eigenvalue weighted by Crippen LogP contribution is 2.44. The Morgan fingerprint density at radius 2 is 1.71 bits per heavy atom. The number of nitrogens with one attached hydrogen (secondary N) is 2. The second-order valence-electron chi connectivity index (χ2n) is 7.30. The Hall–Kier alpha value is -1.10. The largest absolute Gasteiger partial charge is 0.352 e. The number of carbonyl (C=O) groups is 2. The maximum Gasteiger partial charge on any atom is 0.242 e. The lowest BCUT2D eigenvalue weighted by Gasteiger charge is -2.46. The van der Waals surface area contributed by atoms with Gasteiger partial charge in [0.15, 0.2) is 0 Å². The summed E-state index contributed by atoms with van der Waals surface area (Å²) in [6.45, 7) is 11.8. The summed E-state index contributed by atoms with van der Waals surface area (Å²) in [5.74, 6) is 0.00488. The molecule has 1 saturated carbocycles. The molecule has 1 aliphatic rings. The molecule has 0 aromatic heterocycles. The molecular weight excluding hydrogens is 266 g/mol. The molecule has 0 aliphatic heterocycles. The van der Waals surface area contributed by atoms with Crippen molar-refractivity contribution in [3.8, 4) is 0 Å². The molecule has 0 aromatic carbocycles. The summed E-state index contributed by atoms with van der Waals surface area (Å²) in [4.78, 5) is 24.4. The zero-order valence-corrected chi connectivity index (χ0v) is 14.2. The minimum Gasteiger partial charge on any atom is -0.352 e. The fraction of sp³-hybridized carbons (Fsp3) is 0.875. The molecular formula is C16H31N3O2. The van der Waals surface area contributed by atoms with Crippen LogP contribution in [0, 0.1) is 17.3 Å². The normalized spacial score (nSPS) is 29.8. The predicted octanol–water partition coefficient (Wildman–Crippen LogP) is 1.42. The van der Waals surface area contributed by atoms with E-state index in [1.165, 1.54) is 0 Å². The van der Waals surface area contributed by atoms with Gasteiger partial charge >= 0.3 is 0 Å². The fourth-order valence-electron chi connectivity index (χ4n) is 3.11. The van der Waals surface area contributed by atoms with Gasteiger partial charge in [0.1, 0.15) is 6.04 Å². The van der Waals surface area contributed by atoms with Crippen LogP contribution in [0.25, 0.3) is 0 Å². The number of hydrogen-bond donors (Lipinski definition) is 3. The van der Waals surface area contributed by atoms with Crippen molar-refractivity contribution >= 4 is 11.8 Å². The van der Waals surface area contributed by atoms with Crippen LogP contribution in [0.15, 0.2) is 0 Å². The Kier molecular flexibility index (Phi) is 5.79. The van der Waals surface area contributed by atoms with Gasteiger partial charge in [-0.15, -0.1) is 0 Å². The third-order valence-electron chi connectivity index (χ3n) is 5.00. The number of carbonyl (C=O) groups excluding carboxylic acids is 2. The van der Waals surface area contributed by atoms with Crippen molar-refractivity contribution in [3.05, 3.63) is 0 Å². The average Bonchev–Trinajstić information content (AvgIpc) is 2.34. The van der Waals surface area contributed by atoms with E-state index in [-0.39, 0.29) is 41.1 Å². The molecule has 0 radical (unpaired) electrons. The molecule has 0 saturated heterocycles. The van der Waals surface area contributed by atoms with Crippen molar-refractivity contribution in [2.45, 2.75) is 72.5 Å². The molecule has 2 amide bonds. The third kappa shape index (κ3) is 4.19. The molecule has 122 valence electrons. The topological polar surface area (TPSA) is 84.2 Å². The van der Waals surface area contributed by atoms with Gasteiger partial charge in [0.05, 0.1) is 0 Å². The first-order chi connectivity index (χ1) is 9.57. The number of amides is 2. The number of nitrogens with two attached hydrogens (primary N) is 1. The maximum atomic E-state index is 12.5. The summed E-state index contributed by atoms with van der Waals surface area (Å²) in [6, 6.07) is -0.298. The minimum atomic E-state index is -0.512. The maximum absolute atomic E-state index is 12.5. The van der Waals surface area contributed by atoms with Crippen LogP contribution in [0.3, 0.4) is 0 Å². The van der Waals surface area contributed by atoms with Crippen molar-refractivity contribution in [2.24, 2.45) is 23.0 Å². The Bertz CT molecular complexity index is 393. The zero-order chi connectivity index (χ0) is 16.4. The van der Waals surface area contributed by atoms with E-state index in [1.807, 2.05) is 13.8 Å². The molecule has 0 heterocycles. The lowest BCUT2D eigenvalue weighted by molar-refractivity contribution is -0.136. The molecule has 0 spiro atoms. The van der Waals surface area contributed by atoms with Crippen LogP contribution >= 0.6 is 0 Å². The van der Waals surface area contributed by atoms with Gasteiger partial charge in [0.25, 0.3) is 0 Å². The van der Waals surface area contributed by atoms with Crippen molar-refractivity contribution in [3.63, 3.8) is 0 Å². The van der Waals surface area contributed by atoms with Crippen LogP contribution in [-0.2, 0) is 9.59 Å². The first kappa shape index (κ1) is 18.0. The summed E-state index contributed by atoms with van der Waals surface area (Å²) in [6.07, 6.45) is 1.64. The van der Waals surface area contributed by atoms with E-state index < -0.39 is 6.04 Å². The van der Waals surface area contributed by atoms with Crippen LogP contribution in [0.1, 0.15) is 54.4 Å². The molecule has 4 unspecified atom stereocenters. The number of rotatable bonds is 4. The van der Waals surface area contributed by atoms with Gasteiger partial charge in [-0.1, -0.05) is 20.8 Å². The summed E-state index contributed by atoms with van der Waals surface area (Å²) in [5, 5.41) is 5.67. The zero-order valence-electron chi connectivity index (χ0n) is 14.2. The Labute approximate surface area is 128 Å². The van der Waals surface area contributed by atoms with Gasteiger partial charge in [0.2, 0.25) is 11.8 Å². The molecule has 1 rings (SSSR count). The summed E-state index contributed by atoms with van der Waals surface area (Å²) in [5.41, 5.74) is 5.97. The smallest absolute Gasteiger partial charge is 0.242 e. The first-order valence-electron chi connectivity index (χ1n) is 7.93. The van der Waals surface area contributed by atoms with Gasteiger partial charge < -0.3 is 16.4 Å². The average molecular weight is 297 g/mol. The summed E-state index contributed by atoms with van der Waals surface area (Å²) in [7, 11) is 0. The van der Waals surface area contributed by atoms with E-state index >= 15 is 0 Å². The highest BCUT2D eigenvalue weighted by atomic mass is 16.2. The van der Waals surface area contributed by atoms with E-state index in [1.54, 1.807) is 6.92 Å². The van der Waals surface area contributed by atoms with Gasteiger partial charge in [-0.2, -0.15) is 0 Å². The minimum absolute atomic E-state index is 0.0369. The SMILES string of the molecule is CC(C)NC(=O)C(C)NC(=O)C1CCC(N)C(C)C1(C)C. The van der Waals surface area contributed by atoms with E-state index in [9.17, 15) is 9.59 Å². The lowest BCUT2D eigenvalue weighted by atomic mass is 9.61. The Morgan fingerprint density at radius 1 is 1.14 bits per heavy atom. The summed E-state index contributed by atoms with van der Waals surface area (Å²) >= 11 is 0. The Morgan fingerprint density at radius 3 is 2.24 bits per heavy atom. The van der Waals surface area contributed by atoms with Gasteiger partial charge in [-0.05, 0) is 44.9 Å². The first-order valence-corrected chi connectivity index (χ1v) is 7.93. The van der Waals surface area contributed by atoms with Crippen LogP contribution in [0.2, 0.25) is 0 Å². The highest BCUT2D eigenvalue weighted by molar-refractivity contribution is 5.88. The van der Waals surface area contributed by atoms with Crippen molar-refractivity contribution < 1.29 is 9.59 Å². The van der Waals surface area contributed by atoms with Crippen LogP contribution in [0.5, 0.6) is 0 Å². The molecule has 5 nitrogen and oxygen atoms in total. The molecule has 4 atom stereocenters. The highest BCUT2D eigenvalue weighted by Gasteiger charge is 2.45. The van der Waals surface area contributed by atoms with E-state index in [2.05, 4.69) is 31.4 Å². The van der Waals surface area contributed by atoms with E-state index in [4.69, 9.17) is 5.73 Å². The Balaban J connectivity index is 2.69. The number of hydrogen-bond acceptors (Lipinski definition) is 3. The molecule has 0 bridgehead atoms. The van der Waals surface area contributed by atoms with Crippen molar-refractivity contribution in [2.75, 3.05) is 0 Å². The van der Waals surface area contributed by atoms with Gasteiger partial charge in [-0.3, -0.25) is 9.59 Å². The predicted molar refractivity (Wildman–Crippen MR) is 84.5 cm³/mol. The second kappa shape index (κ2) is 6.77. The molecule has 21 heavy (non-hydrogen) atoms. The van der Waals surface area contributed by atoms with E-state index in [0.717, 1.165) is 12.8 Å². The van der Waals surface area contributed by atoms with Gasteiger partial charge in [-0.25, -0.2) is 0 Å². The molecule has 1 aliphatic carbocycles. The van der Waals surface area contributed by atoms with Crippen molar-refractivity contribution in [1.29, 1.82) is 0 Å². The molecule has 4 N–H and O–H groups in total. The van der Waals surface area contributed by atoms with E-state index in [0.29, 0.717) is 0 Å². The van der Waals surface area contributed by atoms with Crippen LogP contribution in [-0.4, -0.2) is 29.9 Å². The lowest BCUT2D eigenvalue weighted by Crippen LogP contribution is -2.54. The quantitative estimate of drug-likeness (QED) is 0.733. The van der Waals surface area contributed by atoms with Gasteiger partial charge in [0, 0.05) is 18.0 Å². The molecule has 1 fully saturated rings. The third-order valence-corrected chi connectivity index (χ3v) is 5.00. The summed E-state index contributed by atoms with van der Waals surface area (Å²) < 4.78 is 0. The monoisotopic (exact) mass is 297 g/mol. The molecule has 5 heteroatoms. The van der Waals surface area contributed by atoms with Crippen molar-refractivity contribution in [1.82, 2.24) is 10.6 Å². The van der Waals surface area contributed by atoms with Crippen LogP contribution < -0.4 is 16.4 Å². The van der Waals surface area contributed by atoms with Crippen LogP contribution in [0.4, 0.5) is 0 Å². The molecule has 0 aromatic rings.